The van der Waals surface area contributed by atoms with Crippen LogP contribution in [0.5, 0.6) is 0 Å². The van der Waals surface area contributed by atoms with Gasteiger partial charge in [-0.1, -0.05) is 37.3 Å². The fraction of sp³-hybridized carbons (Fsp3) is 0.440. The molecule has 2 atom stereocenters. The zero-order chi connectivity index (χ0) is 24.9. The molecule has 34 heavy (non-hydrogen) atoms. The van der Waals surface area contributed by atoms with Crippen LogP contribution >= 0.6 is 15.9 Å². The summed E-state index contributed by atoms with van der Waals surface area (Å²) in [5.74, 6) is -4.11. The molecule has 1 heterocycles. The van der Waals surface area contributed by atoms with Gasteiger partial charge in [-0.2, -0.15) is 0 Å². The van der Waals surface area contributed by atoms with E-state index >= 15 is 0 Å². The minimum Gasteiger partial charge on any atom is -0.447 e. The number of nitrogens with zero attached hydrogens (tertiary/aromatic N) is 1. The van der Waals surface area contributed by atoms with E-state index in [-0.39, 0.29) is 29.4 Å². The van der Waals surface area contributed by atoms with Gasteiger partial charge in [0.1, 0.15) is 6.61 Å². The Balaban J connectivity index is 1.65. The van der Waals surface area contributed by atoms with E-state index in [4.69, 9.17) is 14.2 Å². The molecule has 2 amide bonds. The summed E-state index contributed by atoms with van der Waals surface area (Å²) in [5, 5.41) is 0. The third-order valence-corrected chi connectivity index (χ3v) is 6.74. The van der Waals surface area contributed by atoms with E-state index in [9.17, 15) is 18.4 Å². The summed E-state index contributed by atoms with van der Waals surface area (Å²) in [7, 11) is 2.84. The van der Waals surface area contributed by atoms with Gasteiger partial charge in [0.05, 0.1) is 10.5 Å². The average Bonchev–Trinajstić information content (AvgIpc) is 3.19. The topological polar surface area (TPSA) is 65.1 Å². The molecule has 1 aliphatic rings. The molecule has 0 aromatic heterocycles. The number of amides is 2. The number of cyclic esters (lactones) is 1. The highest BCUT2D eigenvalue weighted by atomic mass is 79.9. The summed E-state index contributed by atoms with van der Waals surface area (Å²) >= 11 is 3.01. The molecule has 6 nitrogen and oxygen atoms in total. The predicted octanol–water partition coefficient (Wildman–Crippen LogP) is 5.57. The second-order valence-electron chi connectivity index (χ2n) is 8.34. The predicted molar refractivity (Wildman–Crippen MR) is 125 cm³/mol. The first kappa shape index (κ1) is 26.2. The van der Waals surface area contributed by atoms with Crippen LogP contribution in [0, 0.1) is 17.6 Å². The van der Waals surface area contributed by atoms with Gasteiger partial charge in [0, 0.05) is 32.1 Å². The van der Waals surface area contributed by atoms with E-state index in [2.05, 4.69) is 15.9 Å². The van der Waals surface area contributed by atoms with Crippen molar-refractivity contribution in [2.75, 3.05) is 20.8 Å². The lowest BCUT2D eigenvalue weighted by Crippen LogP contribution is -2.43. The van der Waals surface area contributed by atoms with Gasteiger partial charge in [0.25, 0.3) is 0 Å². The highest BCUT2D eigenvalue weighted by Gasteiger charge is 2.40. The lowest BCUT2D eigenvalue weighted by Gasteiger charge is -2.32. The molecular weight excluding hydrogens is 512 g/mol. The summed E-state index contributed by atoms with van der Waals surface area (Å²) in [4.78, 5) is 26.6. The normalized spacial score (nSPS) is 17.1. The van der Waals surface area contributed by atoms with Crippen molar-refractivity contribution in [3.05, 3.63) is 69.7 Å². The Morgan fingerprint density at radius 1 is 1.24 bits per heavy atom. The van der Waals surface area contributed by atoms with E-state index in [1.54, 1.807) is 6.92 Å². The maximum atomic E-state index is 14.0. The molecule has 0 saturated carbocycles. The highest BCUT2D eigenvalue weighted by molar-refractivity contribution is 9.10. The van der Waals surface area contributed by atoms with Crippen molar-refractivity contribution < 1.29 is 32.6 Å². The Bertz CT molecular complexity index is 993. The van der Waals surface area contributed by atoms with Crippen LogP contribution in [0.15, 0.2) is 46.9 Å². The third-order valence-electron chi connectivity index (χ3n) is 6.16. The van der Waals surface area contributed by atoms with Crippen LogP contribution in [0.2, 0.25) is 0 Å². The number of carbonyl (C=O) groups is 2. The van der Waals surface area contributed by atoms with E-state index in [0.29, 0.717) is 24.8 Å². The highest BCUT2D eigenvalue weighted by Crippen LogP contribution is 2.35. The number of methoxy groups -OCH3 is 2. The maximum absolute atomic E-state index is 14.0. The van der Waals surface area contributed by atoms with Gasteiger partial charge in [-0.3, -0.25) is 4.79 Å². The molecule has 1 saturated heterocycles. The van der Waals surface area contributed by atoms with Crippen LogP contribution in [0.1, 0.15) is 37.3 Å². The largest absolute Gasteiger partial charge is 0.447 e. The van der Waals surface area contributed by atoms with Crippen molar-refractivity contribution in [2.24, 2.45) is 5.92 Å². The zero-order valence-corrected chi connectivity index (χ0v) is 20.9. The Labute approximate surface area is 206 Å². The lowest BCUT2D eigenvalue weighted by atomic mass is 9.94. The maximum Gasteiger partial charge on any atom is 0.416 e. The monoisotopic (exact) mass is 539 g/mol. The molecule has 0 radical (unpaired) electrons. The van der Waals surface area contributed by atoms with E-state index in [1.807, 2.05) is 30.3 Å². The van der Waals surface area contributed by atoms with Crippen molar-refractivity contribution in [1.82, 2.24) is 4.90 Å². The molecule has 0 unspecified atom stereocenters. The van der Waals surface area contributed by atoms with Crippen LogP contribution in [0.25, 0.3) is 0 Å². The van der Waals surface area contributed by atoms with Gasteiger partial charge in [0.15, 0.2) is 17.4 Å². The summed E-state index contributed by atoms with van der Waals surface area (Å²) in [5.41, 5.74) is 1.33. The van der Waals surface area contributed by atoms with Gasteiger partial charge >= 0.3 is 6.09 Å². The van der Waals surface area contributed by atoms with Crippen molar-refractivity contribution in [2.45, 2.75) is 44.4 Å². The summed E-state index contributed by atoms with van der Waals surface area (Å²) in [6, 6.07) is 11.7. The van der Waals surface area contributed by atoms with Crippen molar-refractivity contribution in [1.29, 1.82) is 0 Å². The smallest absolute Gasteiger partial charge is 0.416 e. The number of carbonyl (C=O) groups excluding carboxylic acids is 2. The number of hydrogen-bond donors (Lipinski definition) is 0. The number of imide groups is 1. The molecule has 0 bridgehead atoms. The SMILES string of the molecule is COC(CCC[C@@H](C)C(=O)N1C(=O)OC[C@H]1Cc1ccccc1)(OC)c1cc(F)c(F)c(Br)c1. The van der Waals surface area contributed by atoms with Crippen LogP contribution in [0.4, 0.5) is 13.6 Å². The molecule has 0 N–H and O–H groups in total. The van der Waals surface area contributed by atoms with Crippen molar-refractivity contribution in [3.63, 3.8) is 0 Å². The summed E-state index contributed by atoms with van der Waals surface area (Å²) < 4.78 is 44.0. The van der Waals surface area contributed by atoms with Crippen molar-refractivity contribution in [3.8, 4) is 0 Å². The molecule has 184 valence electrons. The summed E-state index contributed by atoms with van der Waals surface area (Å²) in [6.45, 7) is 1.91. The molecule has 3 rings (SSSR count). The first-order valence-electron chi connectivity index (χ1n) is 11.0. The molecular formula is C25H28BrF2NO5. The van der Waals surface area contributed by atoms with E-state index < -0.39 is 29.4 Å². The molecule has 9 heteroatoms. The number of hydrogen-bond acceptors (Lipinski definition) is 5. The zero-order valence-electron chi connectivity index (χ0n) is 19.4. The minimum atomic E-state index is -1.32. The molecule has 2 aromatic rings. The van der Waals surface area contributed by atoms with Gasteiger partial charge in [-0.15, -0.1) is 0 Å². The van der Waals surface area contributed by atoms with Gasteiger partial charge in [0.2, 0.25) is 5.91 Å². The minimum absolute atomic E-state index is 0.0403. The van der Waals surface area contributed by atoms with Crippen LogP contribution in [-0.2, 0) is 31.2 Å². The molecule has 2 aromatic carbocycles. The average molecular weight is 540 g/mol. The van der Waals surface area contributed by atoms with Gasteiger partial charge in [-0.25, -0.2) is 18.5 Å². The molecule has 1 aliphatic heterocycles. The Morgan fingerprint density at radius 3 is 2.53 bits per heavy atom. The van der Waals surface area contributed by atoms with Crippen LogP contribution in [-0.4, -0.2) is 43.8 Å². The fourth-order valence-corrected chi connectivity index (χ4v) is 4.65. The Hall–Kier alpha value is -2.36. The fourth-order valence-electron chi connectivity index (χ4n) is 4.21. The number of benzene rings is 2. The second kappa shape index (κ2) is 11.4. The number of halogens is 3. The van der Waals surface area contributed by atoms with E-state index in [0.717, 1.165) is 11.6 Å². The van der Waals surface area contributed by atoms with Gasteiger partial charge in [-0.05, 0) is 52.9 Å². The Morgan fingerprint density at radius 2 is 1.91 bits per heavy atom. The second-order valence-corrected chi connectivity index (χ2v) is 9.19. The third kappa shape index (κ3) is 5.64. The Kier molecular flexibility index (Phi) is 8.78. The van der Waals surface area contributed by atoms with Crippen LogP contribution < -0.4 is 0 Å². The lowest BCUT2D eigenvalue weighted by molar-refractivity contribution is -0.221. The van der Waals surface area contributed by atoms with Crippen molar-refractivity contribution >= 4 is 27.9 Å². The molecule has 1 fully saturated rings. The van der Waals surface area contributed by atoms with Gasteiger partial charge < -0.3 is 14.2 Å². The summed E-state index contributed by atoms with van der Waals surface area (Å²) in [6.07, 6.45) is 1.07. The molecule has 0 spiro atoms. The number of rotatable bonds is 10. The number of ether oxygens (including phenoxy) is 3. The van der Waals surface area contributed by atoms with Crippen LogP contribution in [0.3, 0.4) is 0 Å². The molecule has 0 aliphatic carbocycles. The quantitative estimate of drug-likeness (QED) is 0.291. The standard InChI is InChI=1S/C25H28BrF2NO5/c1-16(23(30)29-19(15-34-24(29)31)12-17-9-5-4-6-10-17)8-7-11-25(32-2,33-3)18-13-20(26)22(28)21(27)14-18/h4-6,9-10,13-14,16,19H,7-8,11-12,15H2,1-3H3/t16-,19-/m1/s1. The van der Waals surface area contributed by atoms with E-state index in [1.165, 1.54) is 25.2 Å². The first-order chi connectivity index (χ1) is 16.2. The first-order valence-corrected chi connectivity index (χ1v) is 11.8.